The molecule has 1 aromatic carbocycles. The monoisotopic (exact) mass is 407 g/mol. The number of aromatic nitrogens is 3. The van der Waals surface area contributed by atoms with E-state index >= 15 is 0 Å². The van der Waals surface area contributed by atoms with Crippen LogP contribution in [0.2, 0.25) is 0 Å². The van der Waals surface area contributed by atoms with Crippen LogP contribution >= 0.6 is 11.8 Å². The van der Waals surface area contributed by atoms with Crippen LogP contribution < -0.4 is 0 Å². The second-order valence-corrected chi connectivity index (χ2v) is 11.7. The molecule has 1 saturated carbocycles. The molecule has 1 aliphatic rings. The number of hydrogen-bond acceptors (Lipinski definition) is 5. The molecule has 2 aromatic rings. The predicted octanol–water partition coefficient (Wildman–Crippen LogP) is 4.49. The highest BCUT2D eigenvalue weighted by Crippen LogP contribution is 2.37. The fraction of sp³-hybridized carbons (Fsp3) is 0.600. The first-order valence-electron chi connectivity index (χ1n) is 9.51. The van der Waals surface area contributed by atoms with Gasteiger partial charge in [0.15, 0.2) is 11.0 Å². The highest BCUT2D eigenvalue weighted by atomic mass is 32.2. The first-order valence-corrected chi connectivity index (χ1v) is 12.6. The van der Waals surface area contributed by atoms with E-state index in [4.69, 9.17) is 0 Å². The smallest absolute Gasteiger partial charge is 0.191 e. The van der Waals surface area contributed by atoms with Crippen molar-refractivity contribution < 1.29 is 8.42 Å². The molecule has 0 bridgehead atoms. The third kappa shape index (κ3) is 5.13. The lowest BCUT2D eigenvalue weighted by Gasteiger charge is -2.20. The summed E-state index contributed by atoms with van der Waals surface area (Å²) in [5.41, 5.74) is 2.47. The Bertz CT molecular complexity index is 875. The number of nitrogens with zero attached hydrogens (tertiary/aromatic N) is 3. The summed E-state index contributed by atoms with van der Waals surface area (Å²) in [6, 6.07) is 8.99. The van der Waals surface area contributed by atoms with E-state index in [2.05, 4.69) is 59.8 Å². The molecule has 1 heterocycles. The molecular formula is C20H29N3O2S2. The van der Waals surface area contributed by atoms with Crippen molar-refractivity contribution in [2.45, 2.75) is 63.1 Å². The molecule has 1 fully saturated rings. The summed E-state index contributed by atoms with van der Waals surface area (Å²) in [4.78, 5) is 0. The van der Waals surface area contributed by atoms with Crippen LogP contribution in [0, 0.1) is 0 Å². The summed E-state index contributed by atoms with van der Waals surface area (Å²) < 4.78 is 25.1. The standard InChI is InChI=1S/C20H29N3O2S2/c1-20(2,3)16-11-9-15(10-12-16)18-21-22-19(26-13-14-27(4,24)25)23(18)17-7-5-6-8-17/h9-12,17H,5-8,13-14H2,1-4H3. The summed E-state index contributed by atoms with van der Waals surface area (Å²) in [5.74, 6) is 1.56. The first kappa shape index (κ1) is 20.4. The molecule has 0 spiro atoms. The van der Waals surface area contributed by atoms with Crippen LogP contribution in [-0.2, 0) is 15.3 Å². The molecule has 3 rings (SSSR count). The Morgan fingerprint density at radius 1 is 1.11 bits per heavy atom. The topological polar surface area (TPSA) is 64.8 Å². The largest absolute Gasteiger partial charge is 0.299 e. The summed E-state index contributed by atoms with van der Waals surface area (Å²) >= 11 is 1.49. The molecule has 0 unspecified atom stereocenters. The summed E-state index contributed by atoms with van der Waals surface area (Å²) in [7, 11) is -2.97. The normalized spacial score (nSPS) is 16.1. The average Bonchev–Trinajstić information content (AvgIpc) is 3.22. The third-order valence-corrected chi connectivity index (χ3v) is 7.20. The van der Waals surface area contributed by atoms with Crippen LogP contribution in [-0.4, -0.2) is 40.9 Å². The van der Waals surface area contributed by atoms with Gasteiger partial charge in [-0.2, -0.15) is 0 Å². The van der Waals surface area contributed by atoms with Gasteiger partial charge in [-0.25, -0.2) is 8.42 Å². The van der Waals surface area contributed by atoms with Crippen molar-refractivity contribution in [1.29, 1.82) is 0 Å². The van der Waals surface area contributed by atoms with Gasteiger partial charge in [0.25, 0.3) is 0 Å². The number of rotatable bonds is 6. The van der Waals surface area contributed by atoms with Gasteiger partial charge in [0.05, 0.1) is 5.75 Å². The number of thioether (sulfide) groups is 1. The summed E-state index contributed by atoms with van der Waals surface area (Å²) in [6.07, 6.45) is 5.98. The van der Waals surface area contributed by atoms with E-state index in [9.17, 15) is 8.42 Å². The van der Waals surface area contributed by atoms with Crippen LogP contribution in [0.5, 0.6) is 0 Å². The van der Waals surface area contributed by atoms with E-state index in [0.717, 1.165) is 29.4 Å². The van der Waals surface area contributed by atoms with Crippen LogP contribution in [0.25, 0.3) is 11.4 Å². The fourth-order valence-electron chi connectivity index (χ4n) is 3.47. The van der Waals surface area contributed by atoms with E-state index in [0.29, 0.717) is 11.8 Å². The Labute approximate surface area is 166 Å². The fourth-order valence-corrected chi connectivity index (χ4v) is 5.67. The zero-order chi connectivity index (χ0) is 19.7. The van der Waals surface area contributed by atoms with Crippen molar-refractivity contribution in [2.24, 2.45) is 0 Å². The van der Waals surface area contributed by atoms with Gasteiger partial charge in [-0.3, -0.25) is 4.57 Å². The van der Waals surface area contributed by atoms with Gasteiger partial charge in [-0.15, -0.1) is 10.2 Å². The predicted molar refractivity (Wildman–Crippen MR) is 112 cm³/mol. The van der Waals surface area contributed by atoms with Crippen LogP contribution in [0.4, 0.5) is 0 Å². The number of benzene rings is 1. The molecule has 0 amide bonds. The quantitative estimate of drug-likeness (QED) is 0.660. The highest BCUT2D eigenvalue weighted by Gasteiger charge is 2.25. The maximum absolute atomic E-state index is 11.4. The van der Waals surface area contributed by atoms with E-state index in [-0.39, 0.29) is 11.2 Å². The lowest BCUT2D eigenvalue weighted by atomic mass is 9.86. The Kier molecular flexibility index (Phi) is 6.01. The van der Waals surface area contributed by atoms with E-state index in [1.807, 2.05) is 0 Å². The Balaban J connectivity index is 1.90. The Morgan fingerprint density at radius 2 is 1.74 bits per heavy atom. The van der Waals surface area contributed by atoms with E-state index in [1.54, 1.807) is 0 Å². The summed E-state index contributed by atoms with van der Waals surface area (Å²) in [5, 5.41) is 9.72. The Morgan fingerprint density at radius 3 is 2.30 bits per heavy atom. The molecule has 0 atom stereocenters. The minimum atomic E-state index is -2.97. The second kappa shape index (κ2) is 7.95. The SMILES string of the molecule is CC(C)(C)c1ccc(-c2nnc(SCCS(C)(=O)=O)n2C2CCCC2)cc1. The molecule has 0 N–H and O–H groups in total. The highest BCUT2D eigenvalue weighted by molar-refractivity contribution is 8.00. The molecule has 5 nitrogen and oxygen atoms in total. The third-order valence-electron chi connectivity index (χ3n) is 5.05. The second-order valence-electron chi connectivity index (χ2n) is 8.42. The van der Waals surface area contributed by atoms with Crippen LogP contribution in [0.15, 0.2) is 29.4 Å². The van der Waals surface area contributed by atoms with Gasteiger partial charge < -0.3 is 0 Å². The first-order chi connectivity index (χ1) is 12.6. The van der Waals surface area contributed by atoms with Gasteiger partial charge in [0.1, 0.15) is 9.84 Å². The molecular weight excluding hydrogens is 378 g/mol. The van der Waals surface area contributed by atoms with Crippen molar-refractivity contribution >= 4 is 21.6 Å². The van der Waals surface area contributed by atoms with Gasteiger partial charge >= 0.3 is 0 Å². The minimum Gasteiger partial charge on any atom is -0.299 e. The maximum atomic E-state index is 11.4. The van der Waals surface area contributed by atoms with Crippen molar-refractivity contribution in [3.63, 3.8) is 0 Å². The van der Waals surface area contributed by atoms with Gasteiger partial charge in [0, 0.05) is 23.6 Å². The zero-order valence-electron chi connectivity index (χ0n) is 16.6. The van der Waals surface area contributed by atoms with Gasteiger partial charge in [-0.1, -0.05) is 69.6 Å². The van der Waals surface area contributed by atoms with Crippen molar-refractivity contribution in [1.82, 2.24) is 14.8 Å². The number of sulfone groups is 1. The van der Waals surface area contributed by atoms with Crippen molar-refractivity contribution in [2.75, 3.05) is 17.8 Å². The lowest BCUT2D eigenvalue weighted by Crippen LogP contribution is -2.11. The van der Waals surface area contributed by atoms with Crippen LogP contribution in [0.1, 0.15) is 58.1 Å². The Hall–Kier alpha value is -1.34. The van der Waals surface area contributed by atoms with Crippen molar-refractivity contribution in [3.05, 3.63) is 29.8 Å². The minimum absolute atomic E-state index is 0.115. The van der Waals surface area contributed by atoms with Gasteiger partial charge in [0.2, 0.25) is 0 Å². The van der Waals surface area contributed by atoms with Gasteiger partial charge in [-0.05, 0) is 23.8 Å². The molecule has 1 aromatic heterocycles. The average molecular weight is 408 g/mol. The molecule has 27 heavy (non-hydrogen) atoms. The molecule has 148 valence electrons. The van der Waals surface area contributed by atoms with Crippen LogP contribution in [0.3, 0.4) is 0 Å². The molecule has 0 radical (unpaired) electrons. The van der Waals surface area contributed by atoms with E-state index < -0.39 is 9.84 Å². The molecule has 7 heteroatoms. The summed E-state index contributed by atoms with van der Waals surface area (Å²) in [6.45, 7) is 6.62. The van der Waals surface area contributed by atoms with E-state index in [1.165, 1.54) is 36.4 Å². The number of hydrogen-bond donors (Lipinski definition) is 0. The molecule has 0 aliphatic heterocycles. The lowest BCUT2D eigenvalue weighted by molar-refractivity contribution is 0.485. The molecule has 1 aliphatic carbocycles. The maximum Gasteiger partial charge on any atom is 0.191 e. The van der Waals surface area contributed by atoms with Crippen molar-refractivity contribution in [3.8, 4) is 11.4 Å². The zero-order valence-corrected chi connectivity index (χ0v) is 18.2. The molecule has 0 saturated heterocycles.